The number of hydrogen-bond acceptors (Lipinski definition) is 19. The van der Waals surface area contributed by atoms with E-state index in [1.54, 1.807) is 19.1 Å². The first-order valence-corrected chi connectivity index (χ1v) is 24.5. The maximum atomic E-state index is 13.6. The van der Waals surface area contributed by atoms with Gasteiger partial charge in [-0.1, -0.05) is 50.2 Å². The van der Waals surface area contributed by atoms with Crippen molar-refractivity contribution in [1.82, 2.24) is 0 Å². The molecular weight excluding hydrogens is 963 g/mol. The van der Waals surface area contributed by atoms with Crippen LogP contribution in [-0.2, 0) is 41.4 Å². The Morgan fingerprint density at radius 3 is 1.50 bits per heavy atom. The number of aliphatic hydroxyl groups is 3. The zero-order valence-corrected chi connectivity index (χ0v) is 41.8. The molecule has 2 saturated heterocycles. The Kier molecular flexibility index (Phi) is 13.5. The van der Waals surface area contributed by atoms with E-state index >= 15 is 0 Å². The molecule has 0 aromatic heterocycles. The van der Waals surface area contributed by atoms with E-state index in [1.807, 2.05) is 20.8 Å². The normalized spacial score (nSPS) is 30.9. The predicted octanol–water partition coefficient (Wildman–Crippen LogP) is 4.63. The van der Waals surface area contributed by atoms with Crippen LogP contribution in [0.4, 0.5) is 0 Å². The van der Waals surface area contributed by atoms with Crippen molar-refractivity contribution < 1.29 is 88.2 Å². The summed E-state index contributed by atoms with van der Waals surface area (Å²) in [6.07, 6.45) is -6.13. The fraction of sp³-hybridized carbons (Fsp3) is 0.455. The van der Waals surface area contributed by atoms with Crippen LogP contribution in [0.1, 0.15) is 165 Å². The van der Waals surface area contributed by atoms with Crippen LogP contribution in [0.5, 0.6) is 28.7 Å². The van der Waals surface area contributed by atoms with E-state index in [1.165, 1.54) is 51.3 Å². The van der Waals surface area contributed by atoms with Gasteiger partial charge in [0.1, 0.15) is 39.9 Å². The number of hydrogen-bond donors (Lipinski definition) is 8. The van der Waals surface area contributed by atoms with E-state index in [-0.39, 0.29) is 111 Å². The van der Waals surface area contributed by atoms with Crippen molar-refractivity contribution in [2.75, 3.05) is 7.11 Å². The van der Waals surface area contributed by atoms with Crippen molar-refractivity contribution in [3.8, 4) is 28.7 Å². The third kappa shape index (κ3) is 8.39. The third-order valence-electron chi connectivity index (χ3n) is 16.0. The van der Waals surface area contributed by atoms with E-state index in [4.69, 9.17) is 29.4 Å². The molecule has 2 aliphatic heterocycles. The van der Waals surface area contributed by atoms with Gasteiger partial charge in [-0.25, -0.2) is 0 Å². The number of aromatic hydroxyl groups is 4. The first-order valence-electron chi connectivity index (χ1n) is 24.5. The lowest BCUT2D eigenvalue weighted by Gasteiger charge is -2.42. The van der Waals surface area contributed by atoms with Gasteiger partial charge in [-0.2, -0.15) is 0 Å². The summed E-state index contributed by atoms with van der Waals surface area (Å²) in [4.78, 5) is 78.7. The smallest absolute Gasteiger partial charge is 0.202 e. The van der Waals surface area contributed by atoms with Gasteiger partial charge >= 0.3 is 0 Å². The molecule has 4 aromatic rings. The number of phenolic OH excluding ortho intramolecular Hbond substituents is 4. The average molecular weight is 1020 g/mol. The number of nitrogens with two attached hydrogens (primary N) is 1. The van der Waals surface area contributed by atoms with Gasteiger partial charge < -0.3 is 65.2 Å². The van der Waals surface area contributed by atoms with Gasteiger partial charge in [0.25, 0.3) is 0 Å². The highest BCUT2D eigenvalue weighted by molar-refractivity contribution is 6.32. The second-order valence-electron chi connectivity index (χ2n) is 20.6. The Morgan fingerprint density at radius 1 is 0.608 bits per heavy atom. The molecule has 10 rings (SSSR count). The lowest BCUT2D eigenvalue weighted by molar-refractivity contribution is -0.255. The predicted molar refractivity (Wildman–Crippen MR) is 258 cm³/mol. The molecule has 12 atom stereocenters. The number of Topliss-reactive ketones (excluding diaryl/α,β-unsaturated/α-hetero) is 2. The van der Waals surface area contributed by atoms with E-state index in [2.05, 4.69) is 0 Å². The van der Waals surface area contributed by atoms with Crippen LogP contribution in [0.2, 0.25) is 0 Å². The lowest BCUT2D eigenvalue weighted by Crippen LogP contribution is -2.49. The molecule has 0 bridgehead atoms. The SMILES string of the molecule is CC(=O)[C@]1(O)Cc2c(O)c3c(c(O)c2[C@@H](O[C@H]2C[C@H](N)[C@H](C)[C@H](C)O2)C1)C(=O)c1ccccc1C3=O.COc1cccc2c1C(=O)c1c(O)c3c(c(O)c1C2=O)C[C@@](O)(C(C)=O)C[C@@H]3O[C@H]1C[C@H](C)[C@H](O)[C@H](C)O1. The van der Waals surface area contributed by atoms with Crippen LogP contribution in [0.25, 0.3) is 0 Å². The van der Waals surface area contributed by atoms with Crippen LogP contribution < -0.4 is 10.5 Å². The number of aliphatic hydroxyl groups excluding tert-OH is 1. The van der Waals surface area contributed by atoms with Crippen molar-refractivity contribution in [1.29, 1.82) is 0 Å². The molecule has 4 aromatic carbocycles. The molecule has 0 radical (unpaired) electrons. The largest absolute Gasteiger partial charge is 0.507 e. The molecule has 4 aliphatic carbocycles. The van der Waals surface area contributed by atoms with Crippen molar-refractivity contribution in [2.24, 2.45) is 17.6 Å². The molecule has 0 saturated carbocycles. The summed E-state index contributed by atoms with van der Waals surface area (Å²) >= 11 is 0. The highest BCUT2D eigenvalue weighted by atomic mass is 16.7. The number of carbonyl (C=O) groups is 6. The topological polar surface area (TPSA) is 316 Å². The zero-order valence-electron chi connectivity index (χ0n) is 41.8. The highest BCUT2D eigenvalue weighted by Crippen LogP contribution is 2.54. The van der Waals surface area contributed by atoms with Gasteiger partial charge in [-0.05, 0) is 45.6 Å². The number of benzene rings is 4. The van der Waals surface area contributed by atoms with E-state index in [0.717, 1.165) is 0 Å². The Morgan fingerprint density at radius 2 is 1.04 bits per heavy atom. The minimum atomic E-state index is -1.97. The minimum absolute atomic E-state index is 0.000854. The Hall–Kier alpha value is -6.42. The number of carbonyl (C=O) groups excluding carboxylic acids is 6. The lowest BCUT2D eigenvalue weighted by atomic mass is 9.72. The number of phenols is 4. The minimum Gasteiger partial charge on any atom is -0.507 e. The second kappa shape index (κ2) is 19.1. The molecule has 74 heavy (non-hydrogen) atoms. The number of fused-ring (bicyclic) bond motifs is 6. The molecular formula is C55H59NO18. The first-order chi connectivity index (χ1) is 34.8. The third-order valence-corrected chi connectivity index (χ3v) is 16.0. The van der Waals surface area contributed by atoms with Gasteiger partial charge in [-0.15, -0.1) is 0 Å². The summed E-state index contributed by atoms with van der Waals surface area (Å²) in [7, 11) is 1.35. The summed E-state index contributed by atoms with van der Waals surface area (Å²) < 4.78 is 29.4. The summed E-state index contributed by atoms with van der Waals surface area (Å²) in [6, 6.07) is 10.4. The fourth-order valence-corrected chi connectivity index (χ4v) is 11.4. The van der Waals surface area contributed by atoms with Gasteiger partial charge in [0.2, 0.25) is 5.78 Å². The standard InChI is InChI=1S/C28H30O10.C27H29NO8/c1-11-8-18(37-12(2)23(11)30)38-17-10-28(35,13(3)29)9-15-20(17)27(34)22-21(25(15)32)24(31)14-6-5-7-16(36-4)19(14)26(22)33;1-11-12(2)35-19(8-17(11)28)36-18-10-27(34,13(3)29)9-16-20(18)26(33)22-21(25(16)32)23(30)14-6-4-5-7-15(14)24(22)31/h5-7,11-12,17-18,23,30,32,34-35H,8-10H2,1-4H3;4-7,11-12,17-19,32-34H,8-10,28H2,1-3H3/t11-,12-,17-,18-,23-,28-;11-,12+,17+,18+,19+,27+/m01/s1. The molecule has 19 heteroatoms. The summed E-state index contributed by atoms with van der Waals surface area (Å²) in [5, 5.41) is 78.2. The van der Waals surface area contributed by atoms with Crippen LogP contribution in [-0.4, -0.2) is 126 Å². The van der Waals surface area contributed by atoms with E-state index in [9.17, 15) is 64.5 Å². The first kappa shape index (κ1) is 52.4. The van der Waals surface area contributed by atoms with Gasteiger partial charge in [0.05, 0.1) is 65.4 Å². The summed E-state index contributed by atoms with van der Waals surface area (Å²) in [6.45, 7) is 9.77. The Balaban J connectivity index is 0.000000182. The molecule has 19 nitrogen and oxygen atoms in total. The van der Waals surface area contributed by atoms with Crippen molar-refractivity contribution in [3.05, 3.63) is 109 Å². The highest BCUT2D eigenvalue weighted by Gasteiger charge is 2.51. The number of methoxy groups -OCH3 is 1. The van der Waals surface area contributed by atoms with Crippen molar-refractivity contribution >= 4 is 34.7 Å². The van der Waals surface area contributed by atoms with Crippen LogP contribution in [0.3, 0.4) is 0 Å². The molecule has 0 spiro atoms. The van der Waals surface area contributed by atoms with E-state index in [0.29, 0.717) is 6.42 Å². The van der Waals surface area contributed by atoms with E-state index < -0.39 is 123 Å². The molecule has 9 N–H and O–H groups in total. The van der Waals surface area contributed by atoms with Crippen LogP contribution in [0, 0.1) is 11.8 Å². The average Bonchev–Trinajstić information content (AvgIpc) is 3.35. The molecule has 392 valence electrons. The Labute approximate surface area is 424 Å². The molecule has 2 fully saturated rings. The summed E-state index contributed by atoms with van der Waals surface area (Å²) in [5.74, 6) is -6.03. The number of rotatable bonds is 7. The maximum absolute atomic E-state index is 13.6. The summed E-state index contributed by atoms with van der Waals surface area (Å²) in [5.41, 5.74) is 1.05. The quantitative estimate of drug-likeness (QED) is 0.101. The Bertz CT molecular complexity index is 3050. The van der Waals surface area contributed by atoms with Gasteiger partial charge in [-0.3, -0.25) is 28.8 Å². The number of ketones is 6. The van der Waals surface area contributed by atoms with Gasteiger partial charge in [0, 0.05) is 83.5 Å². The fourth-order valence-electron chi connectivity index (χ4n) is 11.4. The number of ether oxygens (including phenoxy) is 5. The van der Waals surface area contributed by atoms with Crippen LogP contribution in [0.15, 0.2) is 42.5 Å². The monoisotopic (exact) mass is 1020 g/mol. The van der Waals surface area contributed by atoms with Crippen molar-refractivity contribution in [2.45, 2.75) is 140 Å². The molecule has 6 aliphatic rings. The molecule has 0 amide bonds. The maximum Gasteiger partial charge on any atom is 0.202 e. The van der Waals surface area contributed by atoms with Crippen molar-refractivity contribution in [3.63, 3.8) is 0 Å². The van der Waals surface area contributed by atoms with Gasteiger partial charge in [0.15, 0.2) is 41.5 Å². The molecule has 0 unspecified atom stereocenters. The zero-order chi connectivity index (χ0) is 53.8. The molecule has 2 heterocycles. The van der Waals surface area contributed by atoms with Crippen LogP contribution >= 0.6 is 0 Å². The second-order valence-corrected chi connectivity index (χ2v) is 20.6.